The minimum absolute atomic E-state index is 0.0707. The van der Waals surface area contributed by atoms with Crippen LogP contribution in [0.15, 0.2) is 18.3 Å². The molecule has 4 heteroatoms. The largest absolute Gasteiger partial charge is 0.335 e. The van der Waals surface area contributed by atoms with E-state index in [9.17, 15) is 0 Å². The quantitative estimate of drug-likeness (QED) is 0.699. The first-order valence-electron chi connectivity index (χ1n) is 5.72. The highest BCUT2D eigenvalue weighted by Gasteiger charge is 2.48. The van der Waals surface area contributed by atoms with Gasteiger partial charge >= 0.3 is 0 Å². The van der Waals surface area contributed by atoms with Crippen LogP contribution in [0.25, 0.3) is 0 Å². The van der Waals surface area contributed by atoms with E-state index in [0.29, 0.717) is 11.2 Å². The van der Waals surface area contributed by atoms with Crippen molar-refractivity contribution in [2.45, 2.75) is 30.8 Å². The van der Waals surface area contributed by atoms with Crippen LogP contribution < -0.4 is 0 Å². The van der Waals surface area contributed by atoms with Crippen molar-refractivity contribution < 1.29 is 0 Å². The Balaban J connectivity index is 2.11. The fourth-order valence-corrected chi connectivity index (χ4v) is 3.41. The third-order valence-electron chi connectivity index (χ3n) is 4.10. The van der Waals surface area contributed by atoms with E-state index >= 15 is 0 Å². The Kier molecular flexibility index (Phi) is 2.17. The first-order chi connectivity index (χ1) is 7.63. The number of rotatable bonds is 1. The van der Waals surface area contributed by atoms with Crippen molar-refractivity contribution in [3.8, 4) is 0 Å². The molecule has 0 N–H and O–H groups in total. The summed E-state index contributed by atoms with van der Waals surface area (Å²) in [5.41, 5.74) is 0.0707. The number of aromatic nitrogens is 2. The van der Waals surface area contributed by atoms with Crippen LogP contribution in [0, 0.1) is 0 Å². The Bertz CT molecular complexity index is 451. The first kappa shape index (κ1) is 10.4. The van der Waals surface area contributed by atoms with E-state index in [1.165, 1.54) is 12.8 Å². The lowest BCUT2D eigenvalue weighted by atomic mass is 9.90. The standard InChI is InChI=1S/C12H16ClN3/c1-15-8-10(13)14-11(15)12-6-3-4-9(5-7-12)16(12)2/h3-4,8-9H,5-7H2,1-2H3. The Morgan fingerprint density at radius 2 is 2.31 bits per heavy atom. The van der Waals surface area contributed by atoms with Crippen LogP contribution in [0.5, 0.6) is 0 Å². The summed E-state index contributed by atoms with van der Waals surface area (Å²) in [6, 6.07) is 0.573. The molecule has 1 saturated heterocycles. The lowest BCUT2D eigenvalue weighted by Gasteiger charge is -2.39. The first-order valence-corrected chi connectivity index (χ1v) is 6.10. The van der Waals surface area contributed by atoms with E-state index in [4.69, 9.17) is 11.6 Å². The molecule has 3 nitrogen and oxygen atoms in total. The zero-order chi connectivity index (χ0) is 11.3. The molecule has 0 amide bonds. The van der Waals surface area contributed by atoms with Gasteiger partial charge in [0.1, 0.15) is 11.0 Å². The van der Waals surface area contributed by atoms with Crippen LogP contribution in [0.1, 0.15) is 25.1 Å². The van der Waals surface area contributed by atoms with Crippen molar-refractivity contribution in [2.75, 3.05) is 7.05 Å². The van der Waals surface area contributed by atoms with Crippen molar-refractivity contribution in [2.24, 2.45) is 7.05 Å². The van der Waals surface area contributed by atoms with Crippen LogP contribution in [0.3, 0.4) is 0 Å². The number of hydrogen-bond donors (Lipinski definition) is 0. The van der Waals surface area contributed by atoms with Gasteiger partial charge < -0.3 is 4.57 Å². The second kappa shape index (κ2) is 3.34. The Labute approximate surface area is 101 Å². The fraction of sp³-hybridized carbons (Fsp3) is 0.583. The molecule has 3 rings (SSSR count). The minimum atomic E-state index is 0.0707. The van der Waals surface area contributed by atoms with Crippen molar-refractivity contribution in [3.05, 3.63) is 29.3 Å². The maximum absolute atomic E-state index is 6.00. The van der Waals surface area contributed by atoms with Crippen molar-refractivity contribution >= 4 is 11.6 Å². The zero-order valence-electron chi connectivity index (χ0n) is 9.65. The van der Waals surface area contributed by atoms with Crippen LogP contribution in [0.2, 0.25) is 5.15 Å². The van der Waals surface area contributed by atoms with Gasteiger partial charge in [-0.1, -0.05) is 23.8 Å². The number of halogens is 1. The van der Waals surface area contributed by atoms with Crippen LogP contribution in [0.4, 0.5) is 0 Å². The molecule has 0 aliphatic carbocycles. The lowest BCUT2D eigenvalue weighted by molar-refractivity contribution is 0.129. The predicted octanol–water partition coefficient (Wildman–Crippen LogP) is 2.32. The van der Waals surface area contributed by atoms with Crippen molar-refractivity contribution in [3.63, 3.8) is 0 Å². The van der Waals surface area contributed by atoms with Gasteiger partial charge in [0.15, 0.2) is 0 Å². The molecule has 2 atom stereocenters. The number of aryl methyl sites for hydroxylation is 1. The molecule has 0 spiro atoms. The molecule has 1 aromatic heterocycles. The van der Waals surface area contributed by atoms with Crippen LogP contribution in [-0.2, 0) is 12.6 Å². The van der Waals surface area contributed by atoms with Gasteiger partial charge in [-0.2, -0.15) is 0 Å². The summed E-state index contributed by atoms with van der Waals surface area (Å²) in [6.45, 7) is 0. The van der Waals surface area contributed by atoms with E-state index in [1.807, 2.05) is 13.2 Å². The number of fused-ring (bicyclic) bond motifs is 2. The summed E-state index contributed by atoms with van der Waals surface area (Å²) in [6.07, 6.45) is 9.93. The van der Waals surface area contributed by atoms with Crippen LogP contribution in [-0.4, -0.2) is 27.5 Å². The molecule has 0 aromatic carbocycles. The van der Waals surface area contributed by atoms with Crippen molar-refractivity contribution in [1.29, 1.82) is 0 Å². The van der Waals surface area contributed by atoms with Gasteiger partial charge in [-0.05, 0) is 26.3 Å². The molecule has 0 saturated carbocycles. The van der Waals surface area contributed by atoms with E-state index in [2.05, 4.69) is 33.7 Å². The Morgan fingerprint density at radius 1 is 1.50 bits per heavy atom. The molecule has 1 aromatic rings. The smallest absolute Gasteiger partial charge is 0.147 e. The molecule has 0 radical (unpaired) electrons. The van der Waals surface area contributed by atoms with E-state index in [1.54, 1.807) is 0 Å². The molecule has 2 aliphatic heterocycles. The maximum Gasteiger partial charge on any atom is 0.147 e. The number of likely N-dealkylation sites (N-methyl/N-ethyl adjacent to an activating group) is 1. The highest BCUT2D eigenvalue weighted by molar-refractivity contribution is 6.29. The second-order valence-electron chi connectivity index (χ2n) is 4.88. The summed E-state index contributed by atoms with van der Waals surface area (Å²) >= 11 is 6.00. The highest BCUT2D eigenvalue weighted by atomic mass is 35.5. The Hall–Kier alpha value is -0.800. The lowest BCUT2D eigenvalue weighted by Crippen LogP contribution is -2.45. The normalized spacial score (nSPS) is 33.6. The Morgan fingerprint density at radius 3 is 3.00 bits per heavy atom. The predicted molar refractivity (Wildman–Crippen MR) is 64.4 cm³/mol. The molecule has 2 unspecified atom stereocenters. The third-order valence-corrected chi connectivity index (χ3v) is 4.29. The molecule has 2 bridgehead atoms. The molecular formula is C12H16ClN3. The van der Waals surface area contributed by atoms with Gasteiger partial charge in [-0.15, -0.1) is 0 Å². The van der Waals surface area contributed by atoms with Gasteiger partial charge in [0, 0.05) is 19.3 Å². The van der Waals surface area contributed by atoms with E-state index in [0.717, 1.165) is 12.2 Å². The van der Waals surface area contributed by atoms with Gasteiger partial charge in [0.05, 0.1) is 5.54 Å². The summed E-state index contributed by atoms with van der Waals surface area (Å²) in [7, 11) is 4.23. The number of hydrogen-bond acceptors (Lipinski definition) is 2. The molecule has 2 aliphatic rings. The molecule has 86 valence electrons. The second-order valence-corrected chi connectivity index (χ2v) is 5.27. The van der Waals surface area contributed by atoms with Crippen LogP contribution >= 0.6 is 11.6 Å². The number of imidazole rings is 1. The van der Waals surface area contributed by atoms with Gasteiger partial charge in [-0.3, -0.25) is 4.90 Å². The van der Waals surface area contributed by atoms with Gasteiger partial charge in [0.2, 0.25) is 0 Å². The van der Waals surface area contributed by atoms with Gasteiger partial charge in [-0.25, -0.2) is 4.98 Å². The molecule has 3 heterocycles. The van der Waals surface area contributed by atoms with Crippen molar-refractivity contribution in [1.82, 2.24) is 14.5 Å². The maximum atomic E-state index is 6.00. The zero-order valence-corrected chi connectivity index (χ0v) is 10.4. The topological polar surface area (TPSA) is 21.1 Å². The van der Waals surface area contributed by atoms with E-state index in [-0.39, 0.29) is 5.54 Å². The monoisotopic (exact) mass is 237 g/mol. The summed E-state index contributed by atoms with van der Waals surface area (Å²) in [4.78, 5) is 6.96. The average Bonchev–Trinajstić information content (AvgIpc) is 2.64. The summed E-state index contributed by atoms with van der Waals surface area (Å²) in [5, 5.41) is 0.596. The summed E-state index contributed by atoms with van der Waals surface area (Å²) < 4.78 is 2.07. The average molecular weight is 238 g/mol. The minimum Gasteiger partial charge on any atom is -0.335 e. The molecular weight excluding hydrogens is 222 g/mol. The number of nitrogens with zero attached hydrogens (tertiary/aromatic N) is 3. The third kappa shape index (κ3) is 1.22. The molecule has 1 fully saturated rings. The molecule has 16 heavy (non-hydrogen) atoms. The summed E-state index contributed by atoms with van der Waals surface area (Å²) in [5.74, 6) is 1.10. The van der Waals surface area contributed by atoms with E-state index < -0.39 is 0 Å². The SMILES string of the molecule is CN1C2C=CCC1(c1nc(Cl)cn1C)CC2. The van der Waals surface area contributed by atoms with Gasteiger partial charge in [0.25, 0.3) is 0 Å². The highest BCUT2D eigenvalue weighted by Crippen LogP contribution is 2.46. The fourth-order valence-electron chi connectivity index (χ4n) is 3.19.